The molecule has 5 heteroatoms. The maximum Gasteiger partial charge on any atom is 0.150 e. The molecule has 3 heterocycles. The van der Waals surface area contributed by atoms with Gasteiger partial charge in [0.25, 0.3) is 0 Å². The van der Waals surface area contributed by atoms with E-state index in [-0.39, 0.29) is 11.7 Å². The van der Waals surface area contributed by atoms with Crippen molar-refractivity contribution in [3.8, 4) is 5.75 Å². The third kappa shape index (κ3) is 3.32. The lowest BCUT2D eigenvalue weighted by atomic mass is 9.83. The second kappa shape index (κ2) is 7.75. The van der Waals surface area contributed by atoms with Crippen LogP contribution >= 0.6 is 11.6 Å². The van der Waals surface area contributed by atoms with Crippen LogP contribution in [0.2, 0.25) is 5.15 Å². The van der Waals surface area contributed by atoms with E-state index in [0.29, 0.717) is 17.4 Å². The molecule has 5 rings (SSSR count). The summed E-state index contributed by atoms with van der Waals surface area (Å²) in [6.07, 6.45) is 2.68. The Hall–Kier alpha value is -2.30. The summed E-state index contributed by atoms with van der Waals surface area (Å²) >= 11 is 6.83. The van der Waals surface area contributed by atoms with Crippen LogP contribution in [0.4, 0.5) is 4.39 Å². The Kier molecular flexibility index (Phi) is 5.08. The van der Waals surface area contributed by atoms with E-state index in [4.69, 9.17) is 16.3 Å². The number of hydrogen-bond donors (Lipinski definition) is 1. The number of aromatic nitrogens is 1. The van der Waals surface area contributed by atoms with Gasteiger partial charge in [0.1, 0.15) is 16.7 Å². The molecule has 1 aromatic heterocycles. The lowest BCUT2D eigenvalue weighted by molar-refractivity contribution is 0.0472. The van der Waals surface area contributed by atoms with Gasteiger partial charge in [-0.05, 0) is 49.2 Å². The van der Waals surface area contributed by atoms with Gasteiger partial charge in [0.05, 0.1) is 12.2 Å². The van der Waals surface area contributed by atoms with Crippen molar-refractivity contribution < 1.29 is 9.13 Å². The van der Waals surface area contributed by atoms with Crippen LogP contribution < -0.4 is 10.1 Å². The van der Waals surface area contributed by atoms with Crippen molar-refractivity contribution in [2.45, 2.75) is 44.2 Å². The molecule has 0 bridgehead atoms. The van der Waals surface area contributed by atoms with Gasteiger partial charge in [0, 0.05) is 24.0 Å². The van der Waals surface area contributed by atoms with Crippen molar-refractivity contribution in [1.82, 2.24) is 9.88 Å². The summed E-state index contributed by atoms with van der Waals surface area (Å²) in [5.74, 6) is 0.538. The summed E-state index contributed by atoms with van der Waals surface area (Å²) in [4.78, 5) is 0. The van der Waals surface area contributed by atoms with Crippen molar-refractivity contribution in [2.75, 3.05) is 13.1 Å². The van der Waals surface area contributed by atoms with Crippen LogP contribution in [0.5, 0.6) is 5.75 Å². The van der Waals surface area contributed by atoms with Gasteiger partial charge in [0.15, 0.2) is 5.60 Å². The van der Waals surface area contributed by atoms with Crippen molar-refractivity contribution in [2.24, 2.45) is 0 Å². The fourth-order valence-corrected chi connectivity index (χ4v) is 5.28. The molecule has 1 fully saturated rings. The van der Waals surface area contributed by atoms with E-state index in [9.17, 15) is 4.39 Å². The van der Waals surface area contributed by atoms with Crippen molar-refractivity contribution >= 4 is 11.6 Å². The zero-order valence-corrected chi connectivity index (χ0v) is 17.9. The summed E-state index contributed by atoms with van der Waals surface area (Å²) in [6, 6.07) is 17.4. The van der Waals surface area contributed by atoms with Gasteiger partial charge in [0.2, 0.25) is 0 Å². The Bertz CT molecular complexity index is 1050. The Morgan fingerprint density at radius 2 is 1.93 bits per heavy atom. The number of ether oxygens (including phenoxy) is 1. The molecule has 1 saturated heterocycles. The molecule has 2 unspecified atom stereocenters. The highest BCUT2D eigenvalue weighted by Crippen LogP contribution is 2.47. The zero-order valence-electron chi connectivity index (χ0n) is 17.1. The van der Waals surface area contributed by atoms with Crippen molar-refractivity contribution in [1.29, 1.82) is 0 Å². The summed E-state index contributed by atoms with van der Waals surface area (Å²) < 4.78 is 23.0. The first-order chi connectivity index (χ1) is 14.6. The zero-order chi connectivity index (χ0) is 20.7. The summed E-state index contributed by atoms with van der Waals surface area (Å²) in [7, 11) is 0. The molecule has 1 N–H and O–H groups in total. The van der Waals surface area contributed by atoms with Crippen molar-refractivity contribution in [3.63, 3.8) is 0 Å². The lowest BCUT2D eigenvalue weighted by Gasteiger charge is -2.35. The number of nitrogens with zero attached hydrogens (tertiary/aromatic N) is 1. The Labute approximate surface area is 181 Å². The van der Waals surface area contributed by atoms with Gasteiger partial charge in [-0.3, -0.25) is 0 Å². The number of nitrogens with one attached hydrogen (secondary N) is 1. The molecule has 3 nitrogen and oxygen atoms in total. The number of fused-ring (bicyclic) bond motifs is 3. The molecular weight excluding hydrogens is 399 g/mol. The molecule has 156 valence electrons. The number of halogens is 2. The highest BCUT2D eigenvalue weighted by molar-refractivity contribution is 6.29. The SMILES string of the molecule is CC(c1ccccc1)c1cc(Cl)n2c1C1(CCCNCC1)Oc1cc(F)ccc1C2. The molecule has 0 saturated carbocycles. The van der Waals surface area contributed by atoms with Crippen LogP contribution in [0.1, 0.15) is 54.5 Å². The predicted octanol–water partition coefficient (Wildman–Crippen LogP) is 5.84. The lowest BCUT2D eigenvalue weighted by Crippen LogP contribution is -2.36. The van der Waals surface area contributed by atoms with Gasteiger partial charge in [-0.2, -0.15) is 0 Å². The second-order valence-corrected chi connectivity index (χ2v) is 8.83. The van der Waals surface area contributed by atoms with Crippen LogP contribution in [0, 0.1) is 5.82 Å². The third-order valence-electron chi connectivity index (χ3n) is 6.58. The van der Waals surface area contributed by atoms with E-state index < -0.39 is 5.60 Å². The van der Waals surface area contributed by atoms with Gasteiger partial charge in [-0.1, -0.05) is 54.9 Å². The molecule has 0 amide bonds. The standard InChI is InChI=1S/C25H26ClFN2O/c1-17(18-6-3-2-4-7-18)21-15-23(26)29-16-19-8-9-20(27)14-22(19)30-25(24(21)29)10-5-12-28-13-11-25/h2-4,6-9,14-15,17,28H,5,10-13,16H2,1H3. The van der Waals surface area contributed by atoms with E-state index in [2.05, 4.69) is 47.1 Å². The van der Waals surface area contributed by atoms with Gasteiger partial charge in [-0.15, -0.1) is 0 Å². The Balaban J connectivity index is 1.72. The van der Waals surface area contributed by atoms with E-state index >= 15 is 0 Å². The molecule has 2 atom stereocenters. The minimum atomic E-state index is -0.534. The fourth-order valence-electron chi connectivity index (χ4n) is 5.01. The molecule has 3 aromatic rings. The molecule has 2 aromatic carbocycles. The normalized spacial score (nSPS) is 21.8. The number of rotatable bonds is 2. The minimum absolute atomic E-state index is 0.176. The summed E-state index contributed by atoms with van der Waals surface area (Å²) in [6.45, 7) is 4.62. The topological polar surface area (TPSA) is 26.2 Å². The maximum absolute atomic E-state index is 14.1. The second-order valence-electron chi connectivity index (χ2n) is 8.44. The van der Waals surface area contributed by atoms with Crippen LogP contribution in [0.25, 0.3) is 0 Å². The number of hydrogen-bond acceptors (Lipinski definition) is 2. The van der Waals surface area contributed by atoms with E-state index in [1.54, 1.807) is 0 Å². The molecule has 0 radical (unpaired) electrons. The monoisotopic (exact) mass is 424 g/mol. The third-order valence-corrected chi connectivity index (χ3v) is 6.89. The Morgan fingerprint density at radius 3 is 2.77 bits per heavy atom. The first kappa shape index (κ1) is 19.7. The first-order valence-electron chi connectivity index (χ1n) is 10.7. The molecule has 30 heavy (non-hydrogen) atoms. The molecule has 2 aliphatic rings. The van der Waals surface area contributed by atoms with E-state index in [1.807, 2.05) is 12.1 Å². The van der Waals surface area contributed by atoms with E-state index in [0.717, 1.165) is 43.6 Å². The quantitative estimate of drug-likeness (QED) is 0.559. The maximum atomic E-state index is 14.1. The molecule has 1 spiro atoms. The van der Waals surface area contributed by atoms with Crippen LogP contribution in [-0.2, 0) is 12.1 Å². The van der Waals surface area contributed by atoms with Crippen LogP contribution in [0.15, 0.2) is 54.6 Å². The fraction of sp³-hybridized carbons (Fsp3) is 0.360. The van der Waals surface area contributed by atoms with Gasteiger partial charge < -0.3 is 14.6 Å². The van der Waals surface area contributed by atoms with Gasteiger partial charge >= 0.3 is 0 Å². The predicted molar refractivity (Wildman–Crippen MR) is 118 cm³/mol. The Morgan fingerprint density at radius 1 is 1.10 bits per heavy atom. The average molecular weight is 425 g/mol. The summed E-state index contributed by atoms with van der Waals surface area (Å²) in [5.41, 5.74) is 4.01. The van der Waals surface area contributed by atoms with Crippen molar-refractivity contribution in [3.05, 3.63) is 88.0 Å². The van der Waals surface area contributed by atoms with Crippen LogP contribution in [0.3, 0.4) is 0 Å². The molecular formula is C25H26ClFN2O. The van der Waals surface area contributed by atoms with Gasteiger partial charge in [-0.25, -0.2) is 4.39 Å². The largest absolute Gasteiger partial charge is 0.481 e. The molecule has 0 aliphatic carbocycles. The highest BCUT2D eigenvalue weighted by Gasteiger charge is 2.43. The smallest absolute Gasteiger partial charge is 0.150 e. The van der Waals surface area contributed by atoms with Crippen LogP contribution in [-0.4, -0.2) is 17.7 Å². The average Bonchev–Trinajstić information content (AvgIpc) is 2.89. The minimum Gasteiger partial charge on any atom is -0.481 e. The number of benzene rings is 2. The first-order valence-corrected chi connectivity index (χ1v) is 11.1. The van der Waals surface area contributed by atoms with E-state index in [1.165, 1.54) is 23.3 Å². The highest BCUT2D eigenvalue weighted by atomic mass is 35.5. The molecule has 2 aliphatic heterocycles. The summed E-state index contributed by atoms with van der Waals surface area (Å²) in [5, 5.41) is 4.20.